The van der Waals surface area contributed by atoms with Crippen LogP contribution in [0, 0.1) is 11.2 Å². The van der Waals surface area contributed by atoms with Gasteiger partial charge in [-0.05, 0) is 56.0 Å². The second-order valence-corrected chi connectivity index (χ2v) is 8.30. The van der Waals surface area contributed by atoms with Gasteiger partial charge in [0.05, 0.1) is 21.8 Å². The third kappa shape index (κ3) is 3.42. The third-order valence-electron chi connectivity index (χ3n) is 5.98. The van der Waals surface area contributed by atoms with Crippen molar-refractivity contribution in [3.63, 3.8) is 0 Å². The van der Waals surface area contributed by atoms with Crippen molar-refractivity contribution >= 4 is 35.0 Å². The van der Waals surface area contributed by atoms with E-state index in [0.29, 0.717) is 42.5 Å². The number of carbonyl (C=O) groups excluding carboxylic acids is 3. The van der Waals surface area contributed by atoms with Crippen molar-refractivity contribution in [1.82, 2.24) is 4.90 Å². The number of benzene rings is 2. The van der Waals surface area contributed by atoms with Gasteiger partial charge in [0.15, 0.2) is 0 Å². The molecular formula is C22H20ClFN2O3. The van der Waals surface area contributed by atoms with Gasteiger partial charge in [-0.15, -0.1) is 0 Å². The predicted molar refractivity (Wildman–Crippen MR) is 107 cm³/mol. The van der Waals surface area contributed by atoms with Crippen LogP contribution >= 0.6 is 11.6 Å². The van der Waals surface area contributed by atoms with Crippen molar-refractivity contribution in [2.24, 2.45) is 5.41 Å². The molecule has 0 radical (unpaired) electrons. The average Bonchev–Trinajstić information content (AvgIpc) is 2.96. The Bertz CT molecular complexity index is 980. The number of imide groups is 1. The minimum Gasteiger partial charge on any atom is -0.324 e. The second kappa shape index (κ2) is 7.26. The largest absolute Gasteiger partial charge is 0.324 e. The summed E-state index contributed by atoms with van der Waals surface area (Å²) < 4.78 is 13.2. The topological polar surface area (TPSA) is 66.5 Å². The summed E-state index contributed by atoms with van der Waals surface area (Å²) in [5, 5.41) is 2.92. The van der Waals surface area contributed by atoms with E-state index in [4.69, 9.17) is 11.6 Å². The number of halogens is 2. The zero-order valence-corrected chi connectivity index (χ0v) is 16.6. The summed E-state index contributed by atoms with van der Waals surface area (Å²) in [5.74, 6) is -1.20. The number of rotatable bonds is 3. The van der Waals surface area contributed by atoms with E-state index in [1.165, 1.54) is 17.0 Å². The lowest BCUT2D eigenvalue weighted by Gasteiger charge is -2.38. The molecule has 1 heterocycles. The van der Waals surface area contributed by atoms with Crippen molar-refractivity contribution < 1.29 is 18.8 Å². The lowest BCUT2D eigenvalue weighted by molar-refractivity contribution is -0.126. The van der Waals surface area contributed by atoms with Crippen LogP contribution in [0.15, 0.2) is 42.5 Å². The zero-order valence-electron chi connectivity index (χ0n) is 15.9. The van der Waals surface area contributed by atoms with Crippen molar-refractivity contribution in [1.29, 1.82) is 0 Å². The third-order valence-corrected chi connectivity index (χ3v) is 6.29. The highest BCUT2D eigenvalue weighted by atomic mass is 35.5. The number of nitrogens with zero attached hydrogens (tertiary/aromatic N) is 1. The summed E-state index contributed by atoms with van der Waals surface area (Å²) in [6, 6.07) is 10.4. The van der Waals surface area contributed by atoms with E-state index in [2.05, 4.69) is 5.32 Å². The molecule has 2 aromatic rings. The summed E-state index contributed by atoms with van der Waals surface area (Å²) >= 11 is 6.01. The van der Waals surface area contributed by atoms with E-state index in [0.717, 1.165) is 6.07 Å². The molecule has 1 fully saturated rings. The van der Waals surface area contributed by atoms with Crippen LogP contribution in [0.25, 0.3) is 0 Å². The number of hydrogen-bond acceptors (Lipinski definition) is 3. The van der Waals surface area contributed by atoms with E-state index >= 15 is 0 Å². The molecule has 4 rings (SSSR count). The van der Waals surface area contributed by atoms with E-state index in [1.807, 2.05) is 6.92 Å². The fraction of sp³-hybridized carbons (Fsp3) is 0.318. The summed E-state index contributed by atoms with van der Waals surface area (Å²) in [6.45, 7) is 1.86. The van der Waals surface area contributed by atoms with Gasteiger partial charge in [-0.3, -0.25) is 19.3 Å². The molecule has 7 heteroatoms. The number of amides is 3. The first-order chi connectivity index (χ1) is 13.8. The summed E-state index contributed by atoms with van der Waals surface area (Å²) in [6.07, 6.45) is 2.14. The summed E-state index contributed by atoms with van der Waals surface area (Å²) in [7, 11) is 0. The zero-order chi connectivity index (χ0) is 20.8. The van der Waals surface area contributed by atoms with E-state index < -0.39 is 11.2 Å². The average molecular weight is 415 g/mol. The molecule has 3 amide bonds. The normalized spacial score (nSPS) is 23.8. The molecule has 0 bridgehead atoms. The van der Waals surface area contributed by atoms with Crippen LogP contribution < -0.4 is 5.32 Å². The SMILES string of the molecule is CC1(C(=O)Nc2ccc(F)cc2Cl)CCC(N2C(=O)c3ccccc3C2=O)CC1. The highest BCUT2D eigenvalue weighted by Gasteiger charge is 2.45. The van der Waals surface area contributed by atoms with Gasteiger partial charge in [-0.1, -0.05) is 30.7 Å². The quantitative estimate of drug-likeness (QED) is 0.742. The van der Waals surface area contributed by atoms with Crippen LogP contribution in [0.1, 0.15) is 53.3 Å². The lowest BCUT2D eigenvalue weighted by atomic mass is 9.73. The number of fused-ring (bicyclic) bond motifs is 1. The molecule has 5 nitrogen and oxygen atoms in total. The van der Waals surface area contributed by atoms with Gasteiger partial charge >= 0.3 is 0 Å². The van der Waals surface area contributed by atoms with Crippen molar-refractivity contribution in [2.75, 3.05) is 5.32 Å². The molecule has 0 unspecified atom stereocenters. The van der Waals surface area contributed by atoms with Crippen molar-refractivity contribution in [3.05, 3.63) is 64.4 Å². The van der Waals surface area contributed by atoms with Gasteiger partial charge in [0.2, 0.25) is 5.91 Å². The summed E-state index contributed by atoms with van der Waals surface area (Å²) in [4.78, 5) is 39.6. The minimum atomic E-state index is -0.660. The fourth-order valence-corrected chi connectivity index (χ4v) is 4.34. The second-order valence-electron chi connectivity index (χ2n) is 7.90. The smallest absolute Gasteiger partial charge is 0.261 e. The van der Waals surface area contributed by atoms with E-state index in [1.54, 1.807) is 24.3 Å². The monoisotopic (exact) mass is 414 g/mol. The molecule has 2 aromatic carbocycles. The molecule has 2 aliphatic rings. The maximum atomic E-state index is 13.2. The lowest BCUT2D eigenvalue weighted by Crippen LogP contribution is -2.46. The van der Waals surface area contributed by atoms with E-state index in [-0.39, 0.29) is 28.8 Å². The highest BCUT2D eigenvalue weighted by molar-refractivity contribution is 6.33. The first-order valence-electron chi connectivity index (χ1n) is 9.53. The molecule has 1 aliphatic heterocycles. The maximum absolute atomic E-state index is 13.2. The predicted octanol–water partition coefficient (Wildman–Crippen LogP) is 4.66. The molecule has 150 valence electrons. The van der Waals surface area contributed by atoms with Crippen LogP contribution in [-0.2, 0) is 4.79 Å². The molecule has 0 saturated heterocycles. The number of nitrogens with one attached hydrogen (secondary N) is 1. The molecule has 1 N–H and O–H groups in total. The van der Waals surface area contributed by atoms with Gasteiger partial charge in [-0.25, -0.2) is 4.39 Å². The Labute approximate surface area is 172 Å². The minimum absolute atomic E-state index is 0.140. The van der Waals surface area contributed by atoms with Crippen LogP contribution in [-0.4, -0.2) is 28.7 Å². The van der Waals surface area contributed by atoms with Crippen molar-refractivity contribution in [2.45, 2.75) is 38.6 Å². The van der Waals surface area contributed by atoms with Crippen LogP contribution in [0.3, 0.4) is 0 Å². The first-order valence-corrected chi connectivity index (χ1v) is 9.91. The molecular weight excluding hydrogens is 395 g/mol. The van der Waals surface area contributed by atoms with Gasteiger partial charge in [-0.2, -0.15) is 0 Å². The van der Waals surface area contributed by atoms with Gasteiger partial charge in [0.1, 0.15) is 5.82 Å². The Morgan fingerprint density at radius 2 is 1.69 bits per heavy atom. The maximum Gasteiger partial charge on any atom is 0.261 e. The molecule has 1 saturated carbocycles. The van der Waals surface area contributed by atoms with Crippen LogP contribution in [0.5, 0.6) is 0 Å². The number of anilines is 1. The van der Waals surface area contributed by atoms with Crippen molar-refractivity contribution in [3.8, 4) is 0 Å². The molecule has 1 aliphatic carbocycles. The van der Waals surface area contributed by atoms with Crippen LogP contribution in [0.2, 0.25) is 5.02 Å². The highest BCUT2D eigenvalue weighted by Crippen LogP contribution is 2.41. The number of hydrogen-bond donors (Lipinski definition) is 1. The molecule has 0 spiro atoms. The van der Waals surface area contributed by atoms with E-state index in [9.17, 15) is 18.8 Å². The van der Waals surface area contributed by atoms with Gasteiger partial charge < -0.3 is 5.32 Å². The Morgan fingerprint density at radius 3 is 2.24 bits per heavy atom. The molecule has 0 aromatic heterocycles. The molecule has 29 heavy (non-hydrogen) atoms. The van der Waals surface area contributed by atoms with Crippen LogP contribution in [0.4, 0.5) is 10.1 Å². The standard InChI is InChI=1S/C22H20ClFN2O3/c1-22(21(29)25-18-7-6-13(24)12-17(18)23)10-8-14(9-11-22)26-19(27)15-4-2-3-5-16(15)20(26)28/h2-7,12,14H,8-11H2,1H3,(H,25,29). The Hall–Kier alpha value is -2.73. The Balaban J connectivity index is 1.44. The Kier molecular flexibility index (Phi) is 4.90. The number of carbonyl (C=O) groups is 3. The van der Waals surface area contributed by atoms with Gasteiger partial charge in [0, 0.05) is 11.5 Å². The van der Waals surface area contributed by atoms with Gasteiger partial charge in [0.25, 0.3) is 11.8 Å². The molecule has 0 atom stereocenters. The fourth-order valence-electron chi connectivity index (χ4n) is 4.13. The summed E-state index contributed by atoms with van der Waals surface area (Å²) in [5.41, 5.74) is 0.582. The first kappa shape index (κ1) is 19.6. The Morgan fingerprint density at radius 1 is 1.10 bits per heavy atom.